The number of amides is 1. The lowest BCUT2D eigenvalue weighted by molar-refractivity contribution is 0.0509. The molecule has 8 heteroatoms. The van der Waals surface area contributed by atoms with Gasteiger partial charge in [-0.3, -0.25) is 9.10 Å². The van der Waals surface area contributed by atoms with E-state index in [9.17, 15) is 13.2 Å². The predicted molar refractivity (Wildman–Crippen MR) is 110 cm³/mol. The number of carbonyl (C=O) groups excluding carboxylic acids is 1. The second-order valence-corrected chi connectivity index (χ2v) is 10.2. The molecule has 1 atom stereocenters. The van der Waals surface area contributed by atoms with Crippen molar-refractivity contribution in [2.45, 2.75) is 31.9 Å². The molecule has 28 heavy (non-hydrogen) atoms. The average molecular weight is 421 g/mol. The predicted octanol–water partition coefficient (Wildman–Crippen LogP) is 3.11. The van der Waals surface area contributed by atoms with E-state index >= 15 is 0 Å². The van der Waals surface area contributed by atoms with Crippen LogP contribution < -0.4 is 4.31 Å². The molecule has 2 aliphatic rings. The van der Waals surface area contributed by atoms with Crippen LogP contribution >= 0.6 is 11.3 Å². The van der Waals surface area contributed by atoms with Crippen molar-refractivity contribution in [3.8, 4) is 0 Å². The number of anilines is 1. The van der Waals surface area contributed by atoms with Crippen LogP contribution in [-0.4, -0.2) is 50.8 Å². The molecule has 0 saturated carbocycles. The van der Waals surface area contributed by atoms with Gasteiger partial charge < -0.3 is 9.64 Å². The number of sulfonamides is 1. The van der Waals surface area contributed by atoms with Crippen molar-refractivity contribution >= 4 is 33.0 Å². The van der Waals surface area contributed by atoms with Gasteiger partial charge in [-0.1, -0.05) is 12.1 Å². The van der Waals surface area contributed by atoms with Gasteiger partial charge in [0.2, 0.25) is 10.0 Å². The van der Waals surface area contributed by atoms with E-state index in [1.54, 1.807) is 35.6 Å². The maximum atomic E-state index is 13.3. The van der Waals surface area contributed by atoms with Crippen molar-refractivity contribution in [2.24, 2.45) is 0 Å². The van der Waals surface area contributed by atoms with Crippen LogP contribution in [0, 0.1) is 0 Å². The molecular formula is C20H24N2O4S2. The van der Waals surface area contributed by atoms with Crippen molar-refractivity contribution in [1.82, 2.24) is 4.90 Å². The summed E-state index contributed by atoms with van der Waals surface area (Å²) >= 11 is 1.62. The molecule has 0 spiro atoms. The van der Waals surface area contributed by atoms with Crippen molar-refractivity contribution in [3.05, 3.63) is 52.2 Å². The Morgan fingerprint density at radius 2 is 2.14 bits per heavy atom. The second-order valence-electron chi connectivity index (χ2n) is 7.19. The van der Waals surface area contributed by atoms with Crippen LogP contribution in [0.3, 0.4) is 0 Å². The van der Waals surface area contributed by atoms with E-state index in [4.69, 9.17) is 4.74 Å². The van der Waals surface area contributed by atoms with Crippen LogP contribution in [0.2, 0.25) is 0 Å². The van der Waals surface area contributed by atoms with Crippen LogP contribution in [0.1, 0.15) is 34.5 Å². The molecule has 0 N–H and O–H groups in total. The first-order valence-corrected chi connectivity index (χ1v) is 12.1. The van der Waals surface area contributed by atoms with Crippen LogP contribution in [0.4, 0.5) is 5.69 Å². The van der Waals surface area contributed by atoms with Gasteiger partial charge in [0.05, 0.1) is 24.1 Å². The highest BCUT2D eigenvalue weighted by Gasteiger charge is 2.29. The normalized spacial score (nSPS) is 21.1. The molecule has 4 rings (SSSR count). The molecule has 6 nitrogen and oxygen atoms in total. The number of hydrogen-bond acceptors (Lipinski definition) is 5. The molecule has 150 valence electrons. The number of ether oxygens (including phenoxy) is 1. The van der Waals surface area contributed by atoms with E-state index in [2.05, 4.69) is 0 Å². The van der Waals surface area contributed by atoms with E-state index in [1.165, 1.54) is 4.31 Å². The van der Waals surface area contributed by atoms with Gasteiger partial charge in [0.15, 0.2) is 0 Å². The van der Waals surface area contributed by atoms with Crippen LogP contribution in [0.25, 0.3) is 0 Å². The summed E-state index contributed by atoms with van der Waals surface area (Å²) in [6.07, 6.45) is 2.66. The van der Waals surface area contributed by atoms with Gasteiger partial charge in [-0.2, -0.15) is 0 Å². The topological polar surface area (TPSA) is 66.9 Å². The molecule has 1 amide bonds. The Balaban J connectivity index is 1.58. The summed E-state index contributed by atoms with van der Waals surface area (Å²) < 4.78 is 31.6. The smallest absolute Gasteiger partial charge is 0.254 e. The summed E-state index contributed by atoms with van der Waals surface area (Å²) in [5, 5.41) is 2.00. The molecule has 0 radical (unpaired) electrons. The van der Waals surface area contributed by atoms with Gasteiger partial charge in [0.25, 0.3) is 5.91 Å². The fourth-order valence-electron chi connectivity index (χ4n) is 3.75. The van der Waals surface area contributed by atoms with Gasteiger partial charge in [0.1, 0.15) is 0 Å². The highest BCUT2D eigenvalue weighted by Crippen LogP contribution is 2.26. The Labute approximate surface area is 169 Å². The molecule has 2 aliphatic heterocycles. The minimum absolute atomic E-state index is 0.0612. The lowest BCUT2D eigenvalue weighted by atomic mass is 10.1. The molecule has 2 aromatic rings. The third kappa shape index (κ3) is 4.24. The Hall–Kier alpha value is -1.90. The Bertz CT molecular complexity index is 921. The SMILES string of the molecule is O=C(c1cccc(N2CCCS2(=O)=O)c1)N(Cc1cccs1)CC1CCCO1. The monoisotopic (exact) mass is 420 g/mol. The number of nitrogens with zero attached hydrogens (tertiary/aromatic N) is 2. The number of thiophene rings is 1. The standard InChI is InChI=1S/C20H24N2O4S2/c23-20(16-5-1-6-17(13-16)22-9-4-12-28(22,24)25)21(14-18-7-2-10-26-18)15-19-8-3-11-27-19/h1,3,5-6,8,11,13,18H,2,4,7,9-10,12,14-15H2. The van der Waals surface area contributed by atoms with E-state index in [-0.39, 0.29) is 17.8 Å². The molecule has 1 unspecified atom stereocenters. The van der Waals surface area contributed by atoms with Crippen LogP contribution in [0.15, 0.2) is 41.8 Å². The summed E-state index contributed by atoms with van der Waals surface area (Å²) in [6, 6.07) is 11.0. The van der Waals surface area contributed by atoms with Gasteiger partial charge in [-0.15, -0.1) is 11.3 Å². The van der Waals surface area contributed by atoms with Crippen molar-refractivity contribution in [2.75, 3.05) is 29.8 Å². The highest BCUT2D eigenvalue weighted by atomic mass is 32.2. The quantitative estimate of drug-likeness (QED) is 0.720. The molecule has 2 saturated heterocycles. The van der Waals surface area contributed by atoms with Gasteiger partial charge in [-0.25, -0.2) is 8.42 Å². The van der Waals surface area contributed by atoms with Crippen LogP contribution in [-0.2, 0) is 21.3 Å². The second kappa shape index (κ2) is 8.23. The van der Waals surface area contributed by atoms with E-state index in [0.717, 1.165) is 24.3 Å². The first-order valence-electron chi connectivity index (χ1n) is 9.57. The fraction of sp³-hybridized carbons (Fsp3) is 0.450. The number of carbonyl (C=O) groups is 1. The molecule has 1 aromatic carbocycles. The van der Waals surface area contributed by atoms with E-state index in [1.807, 2.05) is 22.4 Å². The van der Waals surface area contributed by atoms with Gasteiger partial charge in [-0.05, 0) is 48.9 Å². The summed E-state index contributed by atoms with van der Waals surface area (Å²) in [6.45, 7) is 2.29. The third-order valence-corrected chi connectivity index (χ3v) is 7.87. The average Bonchev–Trinajstić information content (AvgIpc) is 3.43. The number of hydrogen-bond donors (Lipinski definition) is 0. The molecule has 1 aromatic heterocycles. The summed E-state index contributed by atoms with van der Waals surface area (Å²) in [4.78, 5) is 16.2. The zero-order chi connectivity index (χ0) is 19.6. The lowest BCUT2D eigenvalue weighted by Gasteiger charge is -2.26. The minimum atomic E-state index is -3.27. The van der Waals surface area contributed by atoms with Crippen molar-refractivity contribution in [3.63, 3.8) is 0 Å². The first kappa shape index (κ1) is 19.4. The van der Waals surface area contributed by atoms with E-state index < -0.39 is 10.0 Å². The molecule has 2 fully saturated rings. The van der Waals surface area contributed by atoms with Crippen LogP contribution in [0.5, 0.6) is 0 Å². The zero-order valence-corrected chi connectivity index (χ0v) is 17.3. The van der Waals surface area contributed by atoms with Crippen molar-refractivity contribution in [1.29, 1.82) is 0 Å². The maximum absolute atomic E-state index is 13.3. The highest BCUT2D eigenvalue weighted by molar-refractivity contribution is 7.93. The van der Waals surface area contributed by atoms with Crippen molar-refractivity contribution < 1.29 is 17.9 Å². The summed E-state index contributed by atoms with van der Waals surface area (Å²) in [7, 11) is -3.27. The lowest BCUT2D eigenvalue weighted by Crippen LogP contribution is -2.37. The molecular weight excluding hydrogens is 396 g/mol. The fourth-order valence-corrected chi connectivity index (χ4v) is 6.03. The summed E-state index contributed by atoms with van der Waals surface area (Å²) in [5.41, 5.74) is 1.07. The number of benzene rings is 1. The van der Waals surface area contributed by atoms with Gasteiger partial charge >= 0.3 is 0 Å². The van der Waals surface area contributed by atoms with Gasteiger partial charge in [0, 0.05) is 30.1 Å². The maximum Gasteiger partial charge on any atom is 0.254 e. The minimum Gasteiger partial charge on any atom is -0.376 e. The Morgan fingerprint density at radius 1 is 1.25 bits per heavy atom. The summed E-state index contributed by atoms with van der Waals surface area (Å²) in [5.74, 6) is 0.0664. The Kier molecular flexibility index (Phi) is 5.70. The largest absolute Gasteiger partial charge is 0.376 e. The Morgan fingerprint density at radius 3 is 2.82 bits per heavy atom. The first-order chi connectivity index (χ1) is 13.5. The molecule has 0 bridgehead atoms. The number of rotatable bonds is 6. The van der Waals surface area contributed by atoms with E-state index in [0.29, 0.717) is 37.3 Å². The zero-order valence-electron chi connectivity index (χ0n) is 15.6. The molecule has 0 aliphatic carbocycles. The molecule has 3 heterocycles. The third-order valence-electron chi connectivity index (χ3n) is 5.14.